The zero-order chi connectivity index (χ0) is 38.9. The van der Waals surface area contributed by atoms with Gasteiger partial charge in [0.2, 0.25) is 0 Å². The molecule has 0 fully saturated rings. The minimum Gasteiger partial charge on any atom is -0.462 e. The van der Waals surface area contributed by atoms with Crippen LogP contribution in [0.5, 0.6) is 0 Å². The molecule has 9 heteroatoms. The van der Waals surface area contributed by atoms with Crippen LogP contribution in [0.2, 0.25) is 0 Å². The molecule has 0 rings (SSSR count). The Morgan fingerprint density at radius 1 is 0.509 bits per heavy atom. The van der Waals surface area contributed by atoms with Gasteiger partial charge in [0.1, 0.15) is 6.61 Å². The number of unbranched alkanes of at least 4 members (excludes halogenated alkanes) is 24. The quantitative estimate of drug-likeness (QED) is 0.0275. The molecular weight excluding hydrogens is 687 g/mol. The molecule has 53 heavy (non-hydrogen) atoms. The summed E-state index contributed by atoms with van der Waals surface area (Å²) in [6.07, 6.45) is 48.4. The van der Waals surface area contributed by atoms with E-state index in [0.29, 0.717) is 6.42 Å². The van der Waals surface area contributed by atoms with Gasteiger partial charge in [-0.05, 0) is 32.1 Å². The number of phosphoric acid groups is 1. The summed E-state index contributed by atoms with van der Waals surface area (Å²) < 4.78 is 26.4. The standard InChI is InChI=1S/C44H79O8P/c1-3-5-7-9-11-13-15-17-19-20-21-22-23-25-26-28-30-32-34-36-38-43(45)50-40-42(41-51-53(47,48)49)52-44(46)39-37-35-33-31-29-27-24-18-16-14-12-10-8-6-4-2/h6,8,10,12,14,16,18,24,42H,3-5,7,9,11,13,15,17,19-23,25-41H2,1-2H3,(H2,47,48,49)/b8-6+,12-10+,16-14+,24-18+/t42-/m1/s1. The summed E-state index contributed by atoms with van der Waals surface area (Å²) in [7, 11) is -4.76. The number of hydrogen-bond acceptors (Lipinski definition) is 6. The number of carbonyl (C=O) groups excluding carboxylic acids is 2. The molecule has 1 atom stereocenters. The van der Waals surface area contributed by atoms with Crippen LogP contribution in [-0.2, 0) is 28.2 Å². The van der Waals surface area contributed by atoms with Crippen molar-refractivity contribution in [1.82, 2.24) is 0 Å². The summed E-state index contributed by atoms with van der Waals surface area (Å²) in [5, 5.41) is 0. The average Bonchev–Trinajstić information content (AvgIpc) is 3.13. The molecule has 0 unspecified atom stereocenters. The van der Waals surface area contributed by atoms with Gasteiger partial charge in [0.15, 0.2) is 6.10 Å². The molecule has 0 aliphatic rings. The van der Waals surface area contributed by atoms with E-state index in [0.717, 1.165) is 57.8 Å². The van der Waals surface area contributed by atoms with Gasteiger partial charge >= 0.3 is 19.8 Å². The molecule has 0 saturated carbocycles. The lowest BCUT2D eigenvalue weighted by Gasteiger charge is -2.18. The van der Waals surface area contributed by atoms with Crippen molar-refractivity contribution < 1.29 is 37.9 Å². The molecule has 0 aromatic carbocycles. The number of esters is 2. The minimum absolute atomic E-state index is 0.186. The molecule has 0 aliphatic carbocycles. The second-order valence-electron chi connectivity index (χ2n) is 14.4. The van der Waals surface area contributed by atoms with Crippen LogP contribution in [-0.4, -0.2) is 41.0 Å². The summed E-state index contributed by atoms with van der Waals surface area (Å²) in [5.74, 6) is -0.907. The highest BCUT2D eigenvalue weighted by atomic mass is 31.2. The highest BCUT2D eigenvalue weighted by Crippen LogP contribution is 2.36. The predicted molar refractivity (Wildman–Crippen MR) is 221 cm³/mol. The third-order valence-electron chi connectivity index (χ3n) is 9.21. The van der Waals surface area contributed by atoms with E-state index < -0.39 is 32.5 Å². The maximum absolute atomic E-state index is 12.4. The molecule has 2 N–H and O–H groups in total. The number of hydrogen-bond donors (Lipinski definition) is 2. The lowest BCUT2D eigenvalue weighted by molar-refractivity contribution is -0.161. The maximum atomic E-state index is 12.4. The SMILES string of the molecule is CC/C=C/C=C/C=C/C=C/CCCCCCCC(=O)O[C@H](COC(=O)CCCCCCCCCCCCCCCCCCCCCC)COP(=O)(O)O. The molecule has 0 radical (unpaired) electrons. The van der Waals surface area contributed by atoms with Gasteiger partial charge < -0.3 is 19.3 Å². The Balaban J connectivity index is 3.89. The van der Waals surface area contributed by atoms with Gasteiger partial charge in [-0.1, -0.05) is 204 Å². The van der Waals surface area contributed by atoms with Gasteiger partial charge in [-0.2, -0.15) is 0 Å². The van der Waals surface area contributed by atoms with E-state index >= 15 is 0 Å². The zero-order valence-corrected chi connectivity index (χ0v) is 34.8. The topological polar surface area (TPSA) is 119 Å². The van der Waals surface area contributed by atoms with Crippen LogP contribution in [0.4, 0.5) is 0 Å². The highest BCUT2D eigenvalue weighted by molar-refractivity contribution is 7.46. The average molecular weight is 767 g/mol. The molecule has 0 aromatic rings. The Bertz CT molecular complexity index is 999. The Morgan fingerprint density at radius 2 is 0.906 bits per heavy atom. The van der Waals surface area contributed by atoms with Crippen molar-refractivity contribution in [3.8, 4) is 0 Å². The first-order valence-electron chi connectivity index (χ1n) is 21.5. The molecular formula is C44H79O8P. The second kappa shape index (κ2) is 39.7. The van der Waals surface area contributed by atoms with Crippen molar-refractivity contribution in [2.45, 2.75) is 206 Å². The van der Waals surface area contributed by atoms with Gasteiger partial charge in [0, 0.05) is 12.8 Å². The largest absolute Gasteiger partial charge is 0.469 e. The van der Waals surface area contributed by atoms with E-state index in [-0.39, 0.29) is 19.4 Å². The molecule has 0 spiro atoms. The van der Waals surface area contributed by atoms with Crippen LogP contribution in [0.3, 0.4) is 0 Å². The van der Waals surface area contributed by atoms with Crippen molar-refractivity contribution in [1.29, 1.82) is 0 Å². The van der Waals surface area contributed by atoms with E-state index in [4.69, 9.17) is 19.3 Å². The van der Waals surface area contributed by atoms with Crippen LogP contribution < -0.4 is 0 Å². The van der Waals surface area contributed by atoms with Crippen molar-refractivity contribution in [2.24, 2.45) is 0 Å². The van der Waals surface area contributed by atoms with Gasteiger partial charge in [-0.3, -0.25) is 14.1 Å². The molecule has 0 saturated heterocycles. The number of rotatable bonds is 39. The molecule has 0 amide bonds. The summed E-state index contributed by atoms with van der Waals surface area (Å²) in [6, 6.07) is 0. The smallest absolute Gasteiger partial charge is 0.462 e. The summed E-state index contributed by atoms with van der Waals surface area (Å²) in [4.78, 5) is 42.9. The summed E-state index contributed by atoms with van der Waals surface area (Å²) >= 11 is 0. The molecule has 0 bridgehead atoms. The van der Waals surface area contributed by atoms with Crippen molar-refractivity contribution in [3.05, 3.63) is 48.6 Å². The monoisotopic (exact) mass is 767 g/mol. The summed E-state index contributed by atoms with van der Waals surface area (Å²) in [5.41, 5.74) is 0. The first-order valence-corrected chi connectivity index (χ1v) is 23.0. The third kappa shape index (κ3) is 42.6. The fourth-order valence-corrected chi connectivity index (χ4v) is 6.39. The van der Waals surface area contributed by atoms with Crippen LogP contribution in [0.25, 0.3) is 0 Å². The first kappa shape index (κ1) is 51.0. The number of phosphoric ester groups is 1. The van der Waals surface area contributed by atoms with Crippen LogP contribution in [0.15, 0.2) is 48.6 Å². The normalized spacial score (nSPS) is 12.9. The molecule has 0 heterocycles. The van der Waals surface area contributed by atoms with E-state index in [9.17, 15) is 14.2 Å². The van der Waals surface area contributed by atoms with Crippen molar-refractivity contribution in [3.63, 3.8) is 0 Å². The Labute approximate surface area is 324 Å². The van der Waals surface area contributed by atoms with Crippen molar-refractivity contribution in [2.75, 3.05) is 13.2 Å². The lowest BCUT2D eigenvalue weighted by atomic mass is 10.0. The maximum Gasteiger partial charge on any atom is 0.469 e. The fourth-order valence-electron chi connectivity index (χ4n) is 6.03. The Kier molecular flexibility index (Phi) is 38.2. The Morgan fingerprint density at radius 3 is 1.36 bits per heavy atom. The number of allylic oxidation sites excluding steroid dienone is 8. The van der Waals surface area contributed by atoms with Gasteiger partial charge in [0.05, 0.1) is 6.61 Å². The van der Waals surface area contributed by atoms with Crippen LogP contribution in [0, 0.1) is 0 Å². The van der Waals surface area contributed by atoms with Gasteiger partial charge in [0.25, 0.3) is 0 Å². The molecule has 8 nitrogen and oxygen atoms in total. The fraction of sp³-hybridized carbons (Fsp3) is 0.773. The summed E-state index contributed by atoms with van der Waals surface area (Å²) in [6.45, 7) is 3.54. The predicted octanol–water partition coefficient (Wildman–Crippen LogP) is 13.1. The zero-order valence-electron chi connectivity index (χ0n) is 33.9. The lowest BCUT2D eigenvalue weighted by Crippen LogP contribution is -2.29. The minimum atomic E-state index is -4.76. The van der Waals surface area contributed by atoms with E-state index in [1.54, 1.807) is 0 Å². The second-order valence-corrected chi connectivity index (χ2v) is 15.6. The van der Waals surface area contributed by atoms with E-state index in [1.807, 2.05) is 30.4 Å². The van der Waals surface area contributed by atoms with Gasteiger partial charge in [-0.15, -0.1) is 0 Å². The van der Waals surface area contributed by atoms with E-state index in [1.165, 1.54) is 109 Å². The van der Waals surface area contributed by atoms with Gasteiger partial charge in [-0.25, -0.2) is 4.57 Å². The van der Waals surface area contributed by atoms with Crippen LogP contribution in [0.1, 0.15) is 200 Å². The van der Waals surface area contributed by atoms with E-state index in [2.05, 4.69) is 36.6 Å². The molecule has 308 valence electrons. The molecule has 0 aliphatic heterocycles. The number of carbonyl (C=O) groups is 2. The third-order valence-corrected chi connectivity index (χ3v) is 9.69. The number of ether oxygens (including phenoxy) is 2. The Hall–Kier alpha value is -1.99. The first-order chi connectivity index (χ1) is 25.8. The van der Waals surface area contributed by atoms with Crippen molar-refractivity contribution >= 4 is 19.8 Å². The molecule has 0 aromatic heterocycles. The highest BCUT2D eigenvalue weighted by Gasteiger charge is 2.22. The van der Waals surface area contributed by atoms with Crippen LogP contribution >= 0.6 is 7.82 Å².